The lowest BCUT2D eigenvalue weighted by Crippen LogP contribution is -2.45. The summed E-state index contributed by atoms with van der Waals surface area (Å²) in [5.41, 5.74) is 0. The van der Waals surface area contributed by atoms with Crippen molar-refractivity contribution in [2.75, 3.05) is 26.2 Å². The average molecular weight is 339 g/mol. The van der Waals surface area contributed by atoms with Crippen LogP contribution < -0.4 is 5.32 Å². The fourth-order valence-electron chi connectivity index (χ4n) is 2.65. The van der Waals surface area contributed by atoms with Crippen LogP contribution in [-0.2, 0) is 6.61 Å². The minimum atomic E-state index is -0.0154. The summed E-state index contributed by atoms with van der Waals surface area (Å²) in [6, 6.07) is 4.27. The molecule has 1 aromatic rings. The maximum absolute atomic E-state index is 9.14. The van der Waals surface area contributed by atoms with Crippen molar-refractivity contribution in [3.8, 4) is 0 Å². The second-order valence-electron chi connectivity index (χ2n) is 5.74. The number of hydrogen-bond acceptors (Lipinski definition) is 4. The Hall–Kier alpha value is -0.260. The number of halogens is 2. The molecule has 21 heavy (non-hydrogen) atoms. The molecule has 2 N–H and O–H groups in total. The summed E-state index contributed by atoms with van der Waals surface area (Å²) < 4.78 is 5.77. The van der Waals surface area contributed by atoms with Gasteiger partial charge >= 0.3 is 0 Å². The van der Waals surface area contributed by atoms with E-state index < -0.39 is 0 Å². The molecule has 0 aromatic carbocycles. The topological polar surface area (TPSA) is 48.6 Å². The molecule has 0 spiro atoms. The molecule has 1 aliphatic rings. The number of furan rings is 1. The summed E-state index contributed by atoms with van der Waals surface area (Å²) in [5, 5.41) is 12.5. The molecule has 124 valence electrons. The Bertz CT molecular complexity index is 380. The van der Waals surface area contributed by atoms with E-state index in [4.69, 9.17) is 9.52 Å². The summed E-state index contributed by atoms with van der Waals surface area (Å²) >= 11 is 0. The molecule has 2 heterocycles. The predicted molar refractivity (Wildman–Crippen MR) is 90.4 cm³/mol. The van der Waals surface area contributed by atoms with Crippen LogP contribution in [0, 0.1) is 5.92 Å². The van der Waals surface area contributed by atoms with E-state index in [9.17, 15) is 0 Å². The van der Waals surface area contributed by atoms with Gasteiger partial charge in [0.25, 0.3) is 0 Å². The van der Waals surface area contributed by atoms with E-state index in [2.05, 4.69) is 24.1 Å². The summed E-state index contributed by atoms with van der Waals surface area (Å²) in [6.07, 6.45) is 2.32. The van der Waals surface area contributed by atoms with Crippen molar-refractivity contribution < 1.29 is 9.52 Å². The van der Waals surface area contributed by atoms with Gasteiger partial charge in [0.05, 0.1) is 6.04 Å². The Morgan fingerprint density at radius 1 is 1.19 bits per heavy atom. The van der Waals surface area contributed by atoms with E-state index in [0.717, 1.165) is 38.4 Å². The van der Waals surface area contributed by atoms with E-state index in [1.807, 2.05) is 12.1 Å². The Balaban J connectivity index is 0.00000200. The molecule has 4 nitrogen and oxygen atoms in total. The molecule has 0 unspecified atom stereocenters. The number of hydrogen-bond donors (Lipinski definition) is 2. The van der Waals surface area contributed by atoms with Crippen molar-refractivity contribution in [2.45, 2.75) is 39.3 Å². The summed E-state index contributed by atoms with van der Waals surface area (Å²) in [7, 11) is 0. The first-order valence-electron chi connectivity index (χ1n) is 7.35. The molecular weight excluding hydrogens is 311 g/mol. The second-order valence-corrected chi connectivity index (χ2v) is 5.74. The Morgan fingerprint density at radius 2 is 1.86 bits per heavy atom. The molecule has 0 bridgehead atoms. The number of nitrogens with one attached hydrogen (secondary N) is 1. The molecule has 1 aromatic heterocycles. The first kappa shape index (κ1) is 20.7. The SMILES string of the molecule is CC(C)CC[C@H](c1ccc(CO)o1)N1CCNCC1.Cl.Cl. The van der Waals surface area contributed by atoms with Crippen molar-refractivity contribution in [1.82, 2.24) is 10.2 Å². The smallest absolute Gasteiger partial charge is 0.129 e. The first-order chi connectivity index (χ1) is 9.20. The molecule has 1 atom stereocenters. The maximum Gasteiger partial charge on any atom is 0.129 e. The van der Waals surface area contributed by atoms with Gasteiger partial charge in [0.2, 0.25) is 0 Å². The van der Waals surface area contributed by atoms with Crippen LogP contribution in [-0.4, -0.2) is 36.2 Å². The molecule has 0 radical (unpaired) electrons. The molecule has 0 saturated carbocycles. The number of rotatable bonds is 6. The highest BCUT2D eigenvalue weighted by atomic mass is 35.5. The Labute approximate surface area is 140 Å². The van der Waals surface area contributed by atoms with Crippen LogP contribution in [0.1, 0.15) is 44.3 Å². The lowest BCUT2D eigenvalue weighted by Gasteiger charge is -2.34. The maximum atomic E-state index is 9.14. The van der Waals surface area contributed by atoms with Gasteiger partial charge in [-0.25, -0.2) is 0 Å². The minimum absolute atomic E-state index is 0. The summed E-state index contributed by atoms with van der Waals surface area (Å²) in [4.78, 5) is 2.50. The van der Waals surface area contributed by atoms with Crippen LogP contribution >= 0.6 is 24.8 Å². The van der Waals surface area contributed by atoms with Crippen LogP contribution in [0.5, 0.6) is 0 Å². The standard InChI is InChI=1S/C15H26N2O2.2ClH/c1-12(2)3-5-14(17-9-7-16-8-10-17)15-6-4-13(11-18)19-15;;/h4,6,12,14,16,18H,3,5,7-11H2,1-2H3;2*1H/t14-;;/m1../s1. The molecule has 1 aliphatic heterocycles. The molecule has 0 amide bonds. The zero-order valence-corrected chi connectivity index (χ0v) is 14.5. The van der Waals surface area contributed by atoms with Gasteiger partial charge in [0.1, 0.15) is 18.1 Å². The first-order valence-corrected chi connectivity index (χ1v) is 7.35. The van der Waals surface area contributed by atoms with Crippen molar-refractivity contribution in [1.29, 1.82) is 0 Å². The second kappa shape index (κ2) is 10.5. The normalized spacial score (nSPS) is 17.1. The number of aliphatic hydroxyl groups is 1. The lowest BCUT2D eigenvalue weighted by molar-refractivity contribution is 0.136. The van der Waals surface area contributed by atoms with E-state index >= 15 is 0 Å². The van der Waals surface area contributed by atoms with Gasteiger partial charge in [-0.2, -0.15) is 0 Å². The fourth-order valence-corrected chi connectivity index (χ4v) is 2.65. The third-order valence-corrected chi connectivity index (χ3v) is 3.78. The monoisotopic (exact) mass is 338 g/mol. The van der Waals surface area contributed by atoms with E-state index in [1.165, 1.54) is 6.42 Å². The van der Waals surface area contributed by atoms with Gasteiger partial charge in [0.15, 0.2) is 0 Å². The third kappa shape index (κ3) is 6.17. The van der Waals surface area contributed by atoms with Crippen molar-refractivity contribution in [3.63, 3.8) is 0 Å². The summed E-state index contributed by atoms with van der Waals surface area (Å²) in [5.74, 6) is 2.38. The quantitative estimate of drug-likeness (QED) is 0.837. The molecule has 1 saturated heterocycles. The van der Waals surface area contributed by atoms with Crippen molar-refractivity contribution in [3.05, 3.63) is 23.7 Å². The van der Waals surface area contributed by atoms with Gasteiger partial charge in [-0.15, -0.1) is 24.8 Å². The predicted octanol–water partition coefficient (Wildman–Crippen LogP) is 3.00. The van der Waals surface area contributed by atoms with Gasteiger partial charge in [0, 0.05) is 26.2 Å². The highest BCUT2D eigenvalue weighted by Gasteiger charge is 2.24. The van der Waals surface area contributed by atoms with Crippen LogP contribution in [0.4, 0.5) is 0 Å². The number of nitrogens with zero attached hydrogens (tertiary/aromatic N) is 1. The van der Waals surface area contributed by atoms with Gasteiger partial charge in [-0.3, -0.25) is 4.90 Å². The Morgan fingerprint density at radius 3 is 2.38 bits per heavy atom. The van der Waals surface area contributed by atoms with Crippen LogP contribution in [0.3, 0.4) is 0 Å². The molecular formula is C15H28Cl2N2O2. The van der Waals surface area contributed by atoms with Crippen molar-refractivity contribution >= 4 is 24.8 Å². The Kier molecular flexibility index (Phi) is 10.3. The van der Waals surface area contributed by atoms with Crippen LogP contribution in [0.2, 0.25) is 0 Å². The van der Waals surface area contributed by atoms with Crippen LogP contribution in [0.15, 0.2) is 16.5 Å². The molecule has 6 heteroatoms. The number of piperazine rings is 1. The number of aliphatic hydroxyl groups excluding tert-OH is 1. The minimum Gasteiger partial charge on any atom is -0.462 e. The zero-order valence-electron chi connectivity index (χ0n) is 12.9. The van der Waals surface area contributed by atoms with E-state index in [-0.39, 0.29) is 31.4 Å². The van der Waals surface area contributed by atoms with E-state index in [0.29, 0.717) is 17.7 Å². The van der Waals surface area contributed by atoms with Gasteiger partial charge in [-0.05, 0) is 30.9 Å². The molecule has 0 aliphatic carbocycles. The van der Waals surface area contributed by atoms with Gasteiger partial charge in [-0.1, -0.05) is 13.8 Å². The molecule has 2 rings (SSSR count). The zero-order chi connectivity index (χ0) is 13.7. The van der Waals surface area contributed by atoms with Crippen LogP contribution in [0.25, 0.3) is 0 Å². The summed E-state index contributed by atoms with van der Waals surface area (Å²) in [6.45, 7) is 8.73. The third-order valence-electron chi connectivity index (χ3n) is 3.78. The largest absolute Gasteiger partial charge is 0.462 e. The lowest BCUT2D eigenvalue weighted by atomic mass is 10.00. The van der Waals surface area contributed by atoms with Crippen molar-refractivity contribution in [2.24, 2.45) is 5.92 Å². The fraction of sp³-hybridized carbons (Fsp3) is 0.733. The average Bonchev–Trinajstić information content (AvgIpc) is 2.89. The molecule has 1 fully saturated rings. The highest BCUT2D eigenvalue weighted by Crippen LogP contribution is 2.29. The highest BCUT2D eigenvalue weighted by molar-refractivity contribution is 5.85. The van der Waals surface area contributed by atoms with E-state index in [1.54, 1.807) is 0 Å². The van der Waals surface area contributed by atoms with Gasteiger partial charge < -0.3 is 14.8 Å².